The van der Waals surface area contributed by atoms with E-state index in [0.29, 0.717) is 11.3 Å². The summed E-state index contributed by atoms with van der Waals surface area (Å²) in [5.74, 6) is -2.24. The zero-order valence-electron chi connectivity index (χ0n) is 17.3. The molecule has 0 fully saturated rings. The van der Waals surface area contributed by atoms with E-state index in [0.717, 1.165) is 5.56 Å². The van der Waals surface area contributed by atoms with Crippen molar-refractivity contribution < 1.29 is 24.4 Å². The van der Waals surface area contributed by atoms with Crippen LogP contribution in [-0.4, -0.2) is 38.5 Å². The predicted molar refractivity (Wildman–Crippen MR) is 119 cm³/mol. The number of carbonyl (C=O) groups is 2. The molecule has 3 N–H and O–H groups in total. The lowest BCUT2D eigenvalue weighted by Crippen LogP contribution is -2.20. The van der Waals surface area contributed by atoms with Gasteiger partial charge in [-0.15, -0.1) is 0 Å². The first-order valence-electron chi connectivity index (χ1n) is 9.52. The first-order chi connectivity index (χ1) is 15.7. The molecule has 2 aromatic carbocycles. The van der Waals surface area contributed by atoms with E-state index in [-0.39, 0.29) is 11.4 Å². The molecule has 1 amide bonds. The van der Waals surface area contributed by atoms with Crippen molar-refractivity contribution in [3.63, 3.8) is 0 Å². The lowest BCUT2D eigenvalue weighted by molar-refractivity contribution is -0.387. The molecule has 33 heavy (non-hydrogen) atoms. The molecule has 0 spiro atoms. The molecule has 0 bridgehead atoms. The number of carbonyl (C=O) groups excluding carboxylic acids is 2. The Kier molecular flexibility index (Phi) is 6.94. The quantitative estimate of drug-likeness (QED) is 0.281. The fourth-order valence-corrected chi connectivity index (χ4v) is 2.67. The third-order valence-corrected chi connectivity index (χ3v) is 4.33. The number of esters is 1. The van der Waals surface area contributed by atoms with E-state index < -0.39 is 40.5 Å². The molecular formula is C22H18N4O7. The van der Waals surface area contributed by atoms with Crippen molar-refractivity contribution in [2.45, 2.75) is 6.92 Å². The van der Waals surface area contributed by atoms with Gasteiger partial charge in [0.2, 0.25) is 0 Å². The highest BCUT2D eigenvalue weighted by atomic mass is 16.6. The van der Waals surface area contributed by atoms with Crippen LogP contribution in [-0.2, 0) is 9.53 Å². The molecule has 168 valence electrons. The standard InChI is InChI=1S/C22H18N4O7/c1-13-2-9-16(10-3-13)23-18(27)12-33-22(30)15-7-4-14(5-8-15)6-11-17-24-20(28)19(26(31)32)21(29)25-17/h2-11H,12H2,1H3,(H,23,27)(H2,24,25,28,29)/b11-6+. The summed E-state index contributed by atoms with van der Waals surface area (Å²) in [6, 6.07) is 13.3. The number of H-pyrrole nitrogens is 1. The van der Waals surface area contributed by atoms with Gasteiger partial charge in [-0.25, -0.2) is 4.79 Å². The molecule has 3 rings (SSSR count). The molecule has 0 saturated carbocycles. The fraction of sp³-hybridized carbons (Fsp3) is 0.0909. The number of nitrogens with one attached hydrogen (secondary N) is 2. The molecule has 0 radical (unpaired) electrons. The molecular weight excluding hydrogens is 432 g/mol. The predicted octanol–water partition coefficient (Wildman–Crippen LogP) is 2.66. The second-order valence-corrected chi connectivity index (χ2v) is 6.83. The summed E-state index contributed by atoms with van der Waals surface area (Å²) in [6.45, 7) is 1.48. The lowest BCUT2D eigenvalue weighted by Gasteiger charge is -2.07. The van der Waals surface area contributed by atoms with Crippen LogP contribution in [0.5, 0.6) is 5.88 Å². The molecule has 3 aromatic rings. The van der Waals surface area contributed by atoms with Gasteiger partial charge in [-0.3, -0.25) is 19.7 Å². The molecule has 0 saturated heterocycles. The molecule has 11 nitrogen and oxygen atoms in total. The number of amides is 1. The molecule has 0 unspecified atom stereocenters. The number of rotatable bonds is 7. The molecule has 1 aromatic heterocycles. The average molecular weight is 450 g/mol. The van der Waals surface area contributed by atoms with Crippen molar-refractivity contribution in [3.05, 3.63) is 91.5 Å². The molecule has 0 aliphatic carbocycles. The summed E-state index contributed by atoms with van der Waals surface area (Å²) in [6.07, 6.45) is 2.83. The van der Waals surface area contributed by atoms with Gasteiger partial charge in [0.15, 0.2) is 6.61 Å². The van der Waals surface area contributed by atoms with E-state index >= 15 is 0 Å². The van der Waals surface area contributed by atoms with Gasteiger partial charge in [0, 0.05) is 5.69 Å². The Labute approximate surface area is 186 Å². The van der Waals surface area contributed by atoms with E-state index in [1.54, 1.807) is 24.3 Å². The summed E-state index contributed by atoms with van der Waals surface area (Å²) >= 11 is 0. The number of anilines is 1. The minimum atomic E-state index is -1.09. The van der Waals surface area contributed by atoms with Crippen LogP contribution in [0, 0.1) is 17.0 Å². The second-order valence-electron chi connectivity index (χ2n) is 6.83. The first kappa shape index (κ1) is 22.9. The molecule has 1 heterocycles. The van der Waals surface area contributed by atoms with E-state index in [1.807, 2.05) is 19.1 Å². The normalized spacial score (nSPS) is 10.7. The van der Waals surface area contributed by atoms with Crippen molar-refractivity contribution >= 4 is 35.4 Å². The fourth-order valence-electron chi connectivity index (χ4n) is 2.67. The monoisotopic (exact) mass is 450 g/mol. The number of nitrogens with zero attached hydrogens (tertiary/aromatic N) is 2. The van der Waals surface area contributed by atoms with Crippen molar-refractivity contribution in [3.8, 4) is 5.88 Å². The van der Waals surface area contributed by atoms with Gasteiger partial charge < -0.3 is 20.1 Å². The zero-order valence-corrected chi connectivity index (χ0v) is 17.3. The van der Waals surface area contributed by atoms with Crippen LogP contribution >= 0.6 is 0 Å². The molecule has 0 aliphatic rings. The third kappa shape index (κ3) is 6.10. The number of hydrogen-bond donors (Lipinski definition) is 3. The van der Waals surface area contributed by atoms with Gasteiger partial charge in [0.1, 0.15) is 5.82 Å². The van der Waals surface area contributed by atoms with Crippen molar-refractivity contribution in [1.82, 2.24) is 9.97 Å². The van der Waals surface area contributed by atoms with Gasteiger partial charge in [0.25, 0.3) is 11.8 Å². The largest absolute Gasteiger partial charge is 0.488 e. The van der Waals surface area contributed by atoms with Gasteiger partial charge in [-0.2, -0.15) is 4.98 Å². The Morgan fingerprint density at radius 2 is 1.82 bits per heavy atom. The Hall–Kier alpha value is -4.80. The third-order valence-electron chi connectivity index (χ3n) is 4.33. The number of nitro groups is 1. The summed E-state index contributed by atoms with van der Waals surface area (Å²) in [5, 5.41) is 22.9. The average Bonchev–Trinajstić information content (AvgIpc) is 2.77. The number of ether oxygens (including phenoxy) is 1. The summed E-state index contributed by atoms with van der Waals surface area (Å²) in [4.78, 5) is 51.1. The van der Waals surface area contributed by atoms with Gasteiger partial charge in [-0.1, -0.05) is 35.9 Å². The van der Waals surface area contributed by atoms with Crippen LogP contribution in [0.3, 0.4) is 0 Å². The summed E-state index contributed by atoms with van der Waals surface area (Å²) in [5.41, 5.74) is 0.335. The van der Waals surface area contributed by atoms with Crippen LogP contribution in [0.1, 0.15) is 27.3 Å². The Morgan fingerprint density at radius 3 is 2.42 bits per heavy atom. The summed E-state index contributed by atoms with van der Waals surface area (Å²) in [7, 11) is 0. The van der Waals surface area contributed by atoms with E-state index in [1.165, 1.54) is 24.3 Å². The van der Waals surface area contributed by atoms with Crippen molar-refractivity contribution in [2.75, 3.05) is 11.9 Å². The van der Waals surface area contributed by atoms with Gasteiger partial charge >= 0.3 is 17.2 Å². The number of aromatic nitrogens is 2. The number of hydrogen-bond acceptors (Lipinski definition) is 8. The Balaban J connectivity index is 1.57. The van der Waals surface area contributed by atoms with Crippen LogP contribution < -0.4 is 10.9 Å². The number of benzene rings is 2. The number of aryl methyl sites for hydroxylation is 1. The van der Waals surface area contributed by atoms with Crippen molar-refractivity contribution in [2.24, 2.45) is 0 Å². The van der Waals surface area contributed by atoms with Gasteiger partial charge in [0.05, 0.1) is 10.5 Å². The number of aromatic hydroxyl groups is 1. The van der Waals surface area contributed by atoms with Crippen LogP contribution in [0.15, 0.2) is 53.3 Å². The van der Waals surface area contributed by atoms with E-state index in [4.69, 9.17) is 4.74 Å². The maximum absolute atomic E-state index is 12.1. The Bertz CT molecular complexity index is 1280. The molecule has 11 heteroatoms. The molecule has 0 aliphatic heterocycles. The van der Waals surface area contributed by atoms with Crippen molar-refractivity contribution in [1.29, 1.82) is 0 Å². The second kappa shape index (κ2) is 10.0. The van der Waals surface area contributed by atoms with E-state index in [9.17, 15) is 29.6 Å². The molecule has 0 atom stereocenters. The minimum absolute atomic E-state index is 0.0915. The van der Waals surface area contributed by atoms with Gasteiger partial charge in [-0.05, 0) is 42.8 Å². The minimum Gasteiger partial charge on any atom is -0.488 e. The summed E-state index contributed by atoms with van der Waals surface area (Å²) < 4.78 is 5.01. The highest BCUT2D eigenvalue weighted by molar-refractivity contribution is 5.95. The zero-order chi connectivity index (χ0) is 24.0. The highest BCUT2D eigenvalue weighted by Crippen LogP contribution is 2.17. The van der Waals surface area contributed by atoms with Crippen LogP contribution in [0.25, 0.3) is 12.2 Å². The lowest BCUT2D eigenvalue weighted by atomic mass is 10.1. The maximum atomic E-state index is 12.1. The number of aromatic amines is 1. The maximum Gasteiger partial charge on any atom is 0.395 e. The smallest absolute Gasteiger partial charge is 0.395 e. The van der Waals surface area contributed by atoms with Crippen LogP contribution in [0.2, 0.25) is 0 Å². The highest BCUT2D eigenvalue weighted by Gasteiger charge is 2.21. The van der Waals surface area contributed by atoms with E-state index in [2.05, 4.69) is 15.3 Å². The topological polar surface area (TPSA) is 165 Å². The SMILES string of the molecule is Cc1ccc(NC(=O)COC(=O)c2ccc(/C=C/c3nc(O)c([N+](=O)[O-])c(=O)[nH]3)cc2)cc1. The first-order valence-corrected chi connectivity index (χ1v) is 9.52. The van der Waals surface area contributed by atoms with Crippen LogP contribution in [0.4, 0.5) is 11.4 Å². The Morgan fingerprint density at radius 1 is 1.15 bits per heavy atom.